The maximum atomic E-state index is 12.8. The van der Waals surface area contributed by atoms with Crippen molar-refractivity contribution in [3.8, 4) is 0 Å². The number of nitrogens with one attached hydrogen (secondary N) is 3. The number of hydrogen-bond acceptors (Lipinski definition) is 3. The maximum absolute atomic E-state index is 12.8. The molecule has 0 spiro atoms. The third kappa shape index (κ3) is 3.46. The molecule has 5 nitrogen and oxygen atoms in total. The average molecular weight is 323 g/mol. The number of amides is 2. The van der Waals surface area contributed by atoms with Crippen molar-refractivity contribution >= 4 is 23.2 Å². The Labute approximate surface area is 141 Å². The lowest BCUT2D eigenvalue weighted by Gasteiger charge is -2.25. The molecule has 0 saturated heterocycles. The van der Waals surface area contributed by atoms with Gasteiger partial charge in [-0.3, -0.25) is 9.59 Å². The molecule has 0 fully saturated rings. The lowest BCUT2D eigenvalue weighted by atomic mass is 9.89. The predicted molar refractivity (Wildman–Crippen MR) is 94.9 cm³/mol. The van der Waals surface area contributed by atoms with Crippen LogP contribution >= 0.6 is 0 Å². The van der Waals surface area contributed by atoms with E-state index in [2.05, 4.69) is 16.0 Å². The minimum atomic E-state index is -0.470. The Bertz CT molecular complexity index is 758. The molecule has 0 aromatic heterocycles. The van der Waals surface area contributed by atoms with Gasteiger partial charge < -0.3 is 16.0 Å². The van der Waals surface area contributed by atoms with E-state index in [1.165, 1.54) is 0 Å². The number of benzene rings is 2. The highest BCUT2D eigenvalue weighted by Gasteiger charge is 2.30. The lowest BCUT2D eigenvalue weighted by molar-refractivity contribution is -0.123. The van der Waals surface area contributed by atoms with Gasteiger partial charge in [-0.1, -0.05) is 43.3 Å². The SMILES string of the molecule is CCNCc1ccccc1NC(=O)C1CC(=O)Nc2ccccc21. The van der Waals surface area contributed by atoms with Gasteiger partial charge >= 0.3 is 0 Å². The summed E-state index contributed by atoms with van der Waals surface area (Å²) in [6.45, 7) is 3.59. The largest absolute Gasteiger partial charge is 0.326 e. The maximum Gasteiger partial charge on any atom is 0.232 e. The molecule has 5 heteroatoms. The Balaban J connectivity index is 1.82. The van der Waals surface area contributed by atoms with Crippen molar-refractivity contribution in [2.75, 3.05) is 17.2 Å². The van der Waals surface area contributed by atoms with Crippen LogP contribution in [0, 0.1) is 0 Å². The summed E-state index contributed by atoms with van der Waals surface area (Å²) in [5.74, 6) is -0.752. The molecule has 2 aromatic rings. The summed E-state index contributed by atoms with van der Waals surface area (Å²) in [5.41, 5.74) is 3.39. The molecule has 0 saturated carbocycles. The van der Waals surface area contributed by atoms with Gasteiger partial charge in [0.05, 0.1) is 5.92 Å². The van der Waals surface area contributed by atoms with Crippen molar-refractivity contribution in [1.29, 1.82) is 0 Å². The second-order valence-corrected chi connectivity index (χ2v) is 5.82. The molecule has 1 aliphatic heterocycles. The molecule has 1 heterocycles. The summed E-state index contributed by atoms with van der Waals surface area (Å²) in [4.78, 5) is 24.7. The van der Waals surface area contributed by atoms with Gasteiger partial charge in [0, 0.05) is 24.3 Å². The monoisotopic (exact) mass is 323 g/mol. The van der Waals surface area contributed by atoms with Gasteiger partial charge in [0.2, 0.25) is 11.8 Å². The molecule has 2 amide bonds. The Kier molecular flexibility index (Phi) is 4.91. The molecule has 1 unspecified atom stereocenters. The van der Waals surface area contributed by atoms with Gasteiger partial charge in [0.1, 0.15) is 0 Å². The van der Waals surface area contributed by atoms with E-state index in [-0.39, 0.29) is 18.2 Å². The van der Waals surface area contributed by atoms with Gasteiger partial charge in [-0.2, -0.15) is 0 Å². The van der Waals surface area contributed by atoms with E-state index in [9.17, 15) is 9.59 Å². The number of rotatable bonds is 5. The normalized spacial score (nSPS) is 16.2. The molecule has 0 radical (unpaired) electrons. The number of para-hydroxylation sites is 2. The van der Waals surface area contributed by atoms with Crippen molar-refractivity contribution < 1.29 is 9.59 Å². The van der Waals surface area contributed by atoms with Crippen LogP contribution in [0.25, 0.3) is 0 Å². The second kappa shape index (κ2) is 7.27. The van der Waals surface area contributed by atoms with Crippen molar-refractivity contribution in [3.05, 3.63) is 59.7 Å². The third-order valence-corrected chi connectivity index (χ3v) is 4.16. The molecule has 3 rings (SSSR count). The molecule has 3 N–H and O–H groups in total. The molecular weight excluding hydrogens is 302 g/mol. The van der Waals surface area contributed by atoms with Gasteiger partial charge in [0.25, 0.3) is 0 Å². The Morgan fingerprint density at radius 1 is 1.17 bits per heavy atom. The fraction of sp³-hybridized carbons (Fsp3) is 0.263. The van der Waals surface area contributed by atoms with Crippen LogP contribution in [0.4, 0.5) is 11.4 Å². The van der Waals surface area contributed by atoms with E-state index in [1.807, 2.05) is 55.5 Å². The van der Waals surface area contributed by atoms with E-state index in [4.69, 9.17) is 0 Å². The van der Waals surface area contributed by atoms with E-state index in [1.54, 1.807) is 0 Å². The van der Waals surface area contributed by atoms with Gasteiger partial charge in [-0.15, -0.1) is 0 Å². The van der Waals surface area contributed by atoms with Gasteiger partial charge in [-0.05, 0) is 29.8 Å². The predicted octanol–water partition coefficient (Wildman–Crippen LogP) is 2.86. The van der Waals surface area contributed by atoms with Crippen LogP contribution in [-0.4, -0.2) is 18.4 Å². The molecule has 124 valence electrons. The molecule has 1 atom stereocenters. The Morgan fingerprint density at radius 2 is 1.92 bits per heavy atom. The summed E-state index contributed by atoms with van der Waals surface area (Å²) >= 11 is 0. The van der Waals surface area contributed by atoms with Crippen molar-refractivity contribution in [2.45, 2.75) is 25.8 Å². The molecular formula is C19H21N3O2. The topological polar surface area (TPSA) is 70.2 Å². The van der Waals surface area contributed by atoms with Crippen molar-refractivity contribution in [3.63, 3.8) is 0 Å². The van der Waals surface area contributed by atoms with Gasteiger partial charge in [-0.25, -0.2) is 0 Å². The summed E-state index contributed by atoms with van der Waals surface area (Å²) in [6.07, 6.45) is 0.165. The quantitative estimate of drug-likeness (QED) is 0.792. The average Bonchev–Trinajstić information content (AvgIpc) is 2.60. The van der Waals surface area contributed by atoms with Crippen LogP contribution < -0.4 is 16.0 Å². The fourth-order valence-corrected chi connectivity index (χ4v) is 2.92. The minimum absolute atomic E-state index is 0.130. The highest BCUT2D eigenvalue weighted by molar-refractivity contribution is 6.05. The molecule has 2 aromatic carbocycles. The van der Waals surface area contributed by atoms with Crippen LogP contribution in [0.15, 0.2) is 48.5 Å². The van der Waals surface area contributed by atoms with E-state index in [0.29, 0.717) is 6.54 Å². The summed E-state index contributed by atoms with van der Waals surface area (Å²) < 4.78 is 0. The zero-order valence-electron chi connectivity index (χ0n) is 13.6. The zero-order valence-corrected chi connectivity index (χ0v) is 13.6. The van der Waals surface area contributed by atoms with E-state index >= 15 is 0 Å². The number of carbonyl (C=O) groups is 2. The molecule has 24 heavy (non-hydrogen) atoms. The second-order valence-electron chi connectivity index (χ2n) is 5.82. The number of anilines is 2. The first-order chi connectivity index (χ1) is 11.7. The van der Waals surface area contributed by atoms with Crippen LogP contribution in [0.5, 0.6) is 0 Å². The highest BCUT2D eigenvalue weighted by Crippen LogP contribution is 2.33. The first-order valence-electron chi connectivity index (χ1n) is 8.17. The Hall–Kier alpha value is -2.66. The van der Waals surface area contributed by atoms with Crippen LogP contribution in [0.2, 0.25) is 0 Å². The van der Waals surface area contributed by atoms with Crippen LogP contribution in [-0.2, 0) is 16.1 Å². The minimum Gasteiger partial charge on any atom is -0.326 e. The smallest absolute Gasteiger partial charge is 0.232 e. The summed E-state index contributed by atoms with van der Waals surface area (Å²) in [7, 11) is 0. The van der Waals surface area contributed by atoms with Crippen LogP contribution in [0.3, 0.4) is 0 Å². The number of hydrogen-bond donors (Lipinski definition) is 3. The first kappa shape index (κ1) is 16.2. The first-order valence-corrected chi connectivity index (χ1v) is 8.17. The molecule has 0 bridgehead atoms. The molecule has 0 aliphatic carbocycles. The summed E-state index contributed by atoms with van der Waals surface area (Å²) in [5, 5.41) is 9.08. The zero-order chi connectivity index (χ0) is 16.9. The summed E-state index contributed by atoms with van der Waals surface area (Å²) in [6, 6.07) is 15.2. The standard InChI is InChI=1S/C19H21N3O2/c1-2-20-12-13-7-3-5-9-16(13)22-19(24)15-11-18(23)21-17-10-6-4-8-14(15)17/h3-10,15,20H,2,11-12H2,1H3,(H,21,23)(H,22,24). The number of carbonyl (C=O) groups excluding carboxylic acids is 2. The molecule has 1 aliphatic rings. The number of fused-ring (bicyclic) bond motifs is 1. The van der Waals surface area contributed by atoms with E-state index in [0.717, 1.165) is 29.0 Å². The van der Waals surface area contributed by atoms with Gasteiger partial charge in [0.15, 0.2) is 0 Å². The Morgan fingerprint density at radius 3 is 2.75 bits per heavy atom. The fourth-order valence-electron chi connectivity index (χ4n) is 2.92. The van der Waals surface area contributed by atoms with Crippen molar-refractivity contribution in [1.82, 2.24) is 5.32 Å². The third-order valence-electron chi connectivity index (χ3n) is 4.16. The van der Waals surface area contributed by atoms with E-state index < -0.39 is 5.92 Å². The van der Waals surface area contributed by atoms with Crippen molar-refractivity contribution in [2.24, 2.45) is 0 Å². The highest BCUT2D eigenvalue weighted by atomic mass is 16.2. The van der Waals surface area contributed by atoms with Crippen LogP contribution in [0.1, 0.15) is 30.4 Å². The lowest BCUT2D eigenvalue weighted by Crippen LogP contribution is -2.31.